The monoisotopic (exact) mass is 660 g/mol. The number of ether oxygens (including phenoxy) is 4. The largest absolute Gasteiger partial charge is 0.462 e. The minimum atomic E-state index is -1.59. The zero-order chi connectivity index (χ0) is 33.8. The molecule has 1 fully saturated rings. The van der Waals surface area contributed by atoms with Crippen molar-refractivity contribution in [3.05, 3.63) is 0 Å². The average molecular weight is 661 g/mol. The van der Waals surface area contributed by atoms with Crippen LogP contribution in [0, 0.1) is 0 Å². The lowest BCUT2D eigenvalue weighted by molar-refractivity contribution is -0.305. The highest BCUT2D eigenvalue weighted by Crippen LogP contribution is 2.22. The van der Waals surface area contributed by atoms with Gasteiger partial charge in [-0.05, 0) is 12.8 Å². The van der Waals surface area contributed by atoms with Gasteiger partial charge in [-0.2, -0.15) is 0 Å². The van der Waals surface area contributed by atoms with Crippen molar-refractivity contribution in [1.29, 1.82) is 0 Å². The summed E-state index contributed by atoms with van der Waals surface area (Å²) < 4.78 is 21.9. The molecule has 0 aliphatic carbocycles. The first-order chi connectivity index (χ1) is 22.3. The maximum absolute atomic E-state index is 12.6. The van der Waals surface area contributed by atoms with E-state index in [0.717, 1.165) is 51.4 Å². The lowest BCUT2D eigenvalue weighted by Gasteiger charge is -2.39. The second-order valence-electron chi connectivity index (χ2n) is 13.0. The van der Waals surface area contributed by atoms with E-state index in [1.165, 1.54) is 77.0 Å². The second kappa shape index (κ2) is 28.7. The topological polar surface area (TPSA) is 152 Å². The van der Waals surface area contributed by atoms with Crippen LogP contribution in [-0.4, -0.2) is 89.0 Å². The Kier molecular flexibility index (Phi) is 26.6. The van der Waals surface area contributed by atoms with Crippen molar-refractivity contribution in [1.82, 2.24) is 0 Å². The van der Waals surface area contributed by atoms with E-state index in [4.69, 9.17) is 18.9 Å². The van der Waals surface area contributed by atoms with Crippen molar-refractivity contribution in [2.75, 3.05) is 19.8 Å². The first-order valence-corrected chi connectivity index (χ1v) is 18.6. The fourth-order valence-corrected chi connectivity index (χ4v) is 5.72. The van der Waals surface area contributed by atoms with Gasteiger partial charge in [-0.1, -0.05) is 136 Å². The maximum Gasteiger partial charge on any atom is 0.306 e. The summed E-state index contributed by atoms with van der Waals surface area (Å²) >= 11 is 0. The van der Waals surface area contributed by atoms with Gasteiger partial charge in [-0.15, -0.1) is 0 Å². The van der Waals surface area contributed by atoms with Crippen molar-refractivity contribution in [2.45, 2.75) is 198 Å². The number of carbonyl (C=O) groups excluding carboxylic acids is 2. The summed E-state index contributed by atoms with van der Waals surface area (Å²) in [5.41, 5.74) is 0. The molecule has 6 atom stereocenters. The predicted octanol–water partition coefficient (Wildman–Crippen LogP) is 6.27. The van der Waals surface area contributed by atoms with Gasteiger partial charge >= 0.3 is 11.9 Å². The van der Waals surface area contributed by atoms with Gasteiger partial charge in [0.15, 0.2) is 12.4 Å². The quantitative estimate of drug-likeness (QED) is 0.0512. The number of carbonyl (C=O) groups is 2. The molecule has 272 valence electrons. The van der Waals surface area contributed by atoms with Gasteiger partial charge in [-0.25, -0.2) is 0 Å². The number of hydrogen-bond acceptors (Lipinski definition) is 10. The molecule has 1 aliphatic rings. The van der Waals surface area contributed by atoms with E-state index in [1.54, 1.807) is 0 Å². The fraction of sp³-hybridized carbons (Fsp3) is 0.944. The number of hydrogen-bond donors (Lipinski definition) is 4. The van der Waals surface area contributed by atoms with Crippen molar-refractivity contribution >= 4 is 11.9 Å². The molecule has 10 heteroatoms. The van der Waals surface area contributed by atoms with Crippen LogP contribution < -0.4 is 0 Å². The average Bonchev–Trinajstić information content (AvgIpc) is 3.05. The summed E-state index contributed by atoms with van der Waals surface area (Å²) in [4.78, 5) is 24.9. The number of esters is 2. The molecule has 0 saturated carbocycles. The molecule has 10 nitrogen and oxygen atoms in total. The third kappa shape index (κ3) is 20.8. The Labute approximate surface area is 278 Å². The number of rotatable bonds is 30. The summed E-state index contributed by atoms with van der Waals surface area (Å²) in [6.07, 6.45) is 17.2. The normalized spacial score (nSPS) is 22.1. The van der Waals surface area contributed by atoms with Crippen molar-refractivity contribution in [3.8, 4) is 0 Å². The van der Waals surface area contributed by atoms with Gasteiger partial charge in [-0.3, -0.25) is 9.59 Å². The van der Waals surface area contributed by atoms with Crippen LogP contribution in [0.5, 0.6) is 0 Å². The van der Waals surface area contributed by atoms with Gasteiger partial charge in [0.05, 0.1) is 13.2 Å². The Balaban J connectivity index is 2.35. The van der Waals surface area contributed by atoms with Gasteiger partial charge in [0.25, 0.3) is 0 Å². The van der Waals surface area contributed by atoms with Crippen LogP contribution in [0.4, 0.5) is 0 Å². The molecule has 0 aromatic carbocycles. The molecule has 6 unspecified atom stereocenters. The zero-order valence-corrected chi connectivity index (χ0v) is 29.1. The standard InChI is InChI=1S/C36H68O10/c1-3-5-7-9-11-12-13-14-15-16-17-18-19-21-23-25-32(39)45-29(27-43-31(38)24-22-20-10-8-6-4-2)28-44-36-35(42)34(41)33(40)30(26-37)46-36/h29-30,33-37,40-42H,3-28H2,1-2H3. The van der Waals surface area contributed by atoms with Crippen LogP contribution in [0.3, 0.4) is 0 Å². The Morgan fingerprint density at radius 1 is 0.587 bits per heavy atom. The third-order valence-electron chi connectivity index (χ3n) is 8.74. The van der Waals surface area contributed by atoms with Crippen molar-refractivity contribution in [3.63, 3.8) is 0 Å². The molecule has 4 N–H and O–H groups in total. The van der Waals surface area contributed by atoms with Gasteiger partial charge in [0, 0.05) is 12.8 Å². The number of unbranched alkanes of at least 4 members (excludes halogenated alkanes) is 19. The van der Waals surface area contributed by atoms with Crippen molar-refractivity contribution in [2.24, 2.45) is 0 Å². The molecule has 46 heavy (non-hydrogen) atoms. The molecule has 0 aromatic heterocycles. The first kappa shape index (κ1) is 42.7. The van der Waals surface area contributed by atoms with Crippen LogP contribution >= 0.6 is 0 Å². The highest BCUT2D eigenvalue weighted by atomic mass is 16.7. The molecule has 0 amide bonds. The van der Waals surface area contributed by atoms with E-state index in [9.17, 15) is 30.0 Å². The minimum Gasteiger partial charge on any atom is -0.462 e. The van der Waals surface area contributed by atoms with E-state index in [1.807, 2.05) is 0 Å². The van der Waals surface area contributed by atoms with E-state index in [0.29, 0.717) is 6.42 Å². The summed E-state index contributed by atoms with van der Waals surface area (Å²) in [7, 11) is 0. The molecule has 0 spiro atoms. The van der Waals surface area contributed by atoms with Crippen LogP contribution in [0.1, 0.15) is 162 Å². The highest BCUT2D eigenvalue weighted by Gasteiger charge is 2.44. The van der Waals surface area contributed by atoms with E-state index in [2.05, 4.69) is 13.8 Å². The molecule has 0 radical (unpaired) electrons. The molecule has 1 aliphatic heterocycles. The highest BCUT2D eigenvalue weighted by molar-refractivity contribution is 5.70. The van der Waals surface area contributed by atoms with Crippen LogP contribution in [0.2, 0.25) is 0 Å². The molecular weight excluding hydrogens is 592 g/mol. The van der Waals surface area contributed by atoms with Gasteiger partial charge in [0.2, 0.25) is 0 Å². The second-order valence-corrected chi connectivity index (χ2v) is 13.0. The minimum absolute atomic E-state index is 0.212. The smallest absolute Gasteiger partial charge is 0.306 e. The zero-order valence-electron chi connectivity index (χ0n) is 29.1. The van der Waals surface area contributed by atoms with E-state index in [-0.39, 0.29) is 32.0 Å². The van der Waals surface area contributed by atoms with Crippen LogP contribution in [0.25, 0.3) is 0 Å². The Bertz CT molecular complexity index is 734. The van der Waals surface area contributed by atoms with Crippen LogP contribution in [-0.2, 0) is 28.5 Å². The van der Waals surface area contributed by atoms with Crippen molar-refractivity contribution < 1.29 is 49.0 Å². The summed E-state index contributed by atoms with van der Waals surface area (Å²) in [5.74, 6) is -0.809. The van der Waals surface area contributed by atoms with E-state index >= 15 is 0 Å². The third-order valence-corrected chi connectivity index (χ3v) is 8.74. The molecule has 0 aromatic rings. The maximum atomic E-state index is 12.6. The van der Waals surface area contributed by atoms with Crippen LogP contribution in [0.15, 0.2) is 0 Å². The van der Waals surface area contributed by atoms with Gasteiger partial charge in [0.1, 0.15) is 31.0 Å². The predicted molar refractivity (Wildman–Crippen MR) is 178 cm³/mol. The Hall–Kier alpha value is -1.30. The first-order valence-electron chi connectivity index (χ1n) is 18.6. The summed E-state index contributed by atoms with van der Waals surface area (Å²) in [6.45, 7) is 3.34. The van der Waals surface area contributed by atoms with E-state index < -0.39 is 49.4 Å². The SMILES string of the molecule is CCCCCCCCCCCCCCCCCC(=O)OC(COC(=O)CCCCCCCC)COC1OC(CO)C(O)C(O)C1O. The number of aliphatic hydroxyl groups is 4. The molecule has 0 bridgehead atoms. The molecule has 1 saturated heterocycles. The fourth-order valence-electron chi connectivity index (χ4n) is 5.72. The lowest BCUT2D eigenvalue weighted by atomic mass is 9.99. The lowest BCUT2D eigenvalue weighted by Crippen LogP contribution is -2.59. The molecule has 1 heterocycles. The van der Waals surface area contributed by atoms with Gasteiger partial charge < -0.3 is 39.4 Å². The summed E-state index contributed by atoms with van der Waals surface area (Å²) in [5, 5.41) is 39.7. The molecular formula is C36H68O10. The Morgan fingerprint density at radius 2 is 1.02 bits per heavy atom. The molecule has 1 rings (SSSR count). The number of aliphatic hydroxyl groups excluding tert-OH is 4. The Morgan fingerprint density at radius 3 is 1.48 bits per heavy atom. The summed E-state index contributed by atoms with van der Waals surface area (Å²) in [6, 6.07) is 0.